The Morgan fingerprint density at radius 3 is 1.83 bits per heavy atom. The van der Waals surface area contributed by atoms with Crippen LogP contribution in [-0.4, -0.2) is 31.6 Å². The third-order valence-electron chi connectivity index (χ3n) is 2.26. The molecule has 0 N–H and O–H groups in total. The molecule has 0 aliphatic rings. The van der Waals surface area contributed by atoms with Crippen LogP contribution in [0.1, 0.15) is 33.6 Å². The molecular weight excluding hydrogens is 174 g/mol. The van der Waals surface area contributed by atoms with Gasteiger partial charge in [0, 0.05) is 13.1 Å². The zero-order valence-electron chi connectivity index (χ0n) is 8.37. The first-order chi connectivity index (χ1) is 5.49. The molecule has 0 atom stereocenters. The Balaban J connectivity index is 4.46. The van der Waals surface area contributed by atoms with Gasteiger partial charge in [0.15, 0.2) is 0 Å². The fraction of sp³-hybridized carbons (Fsp3) is 1.00. The van der Waals surface area contributed by atoms with Crippen molar-refractivity contribution in [3.63, 3.8) is 0 Å². The lowest BCUT2D eigenvalue weighted by atomic mass is 10.2. The van der Waals surface area contributed by atoms with Gasteiger partial charge in [0.05, 0.1) is 5.75 Å². The van der Waals surface area contributed by atoms with Gasteiger partial charge in [-0.05, 0) is 19.8 Å². The number of hydrogen-bond donors (Lipinski definition) is 0. The van der Waals surface area contributed by atoms with E-state index in [9.17, 15) is 8.42 Å². The van der Waals surface area contributed by atoms with Crippen LogP contribution in [0, 0.1) is 0 Å². The number of rotatable bonds is 5. The van der Waals surface area contributed by atoms with Gasteiger partial charge in [0.2, 0.25) is 10.0 Å². The number of hydrogen-bond acceptors (Lipinski definition) is 2. The van der Waals surface area contributed by atoms with Gasteiger partial charge in [-0.25, -0.2) is 12.7 Å². The van der Waals surface area contributed by atoms with Crippen molar-refractivity contribution in [2.24, 2.45) is 0 Å². The van der Waals surface area contributed by atoms with Gasteiger partial charge in [-0.2, -0.15) is 0 Å². The summed E-state index contributed by atoms with van der Waals surface area (Å²) in [4.78, 5) is 0. The van der Waals surface area contributed by atoms with E-state index in [1.54, 1.807) is 14.0 Å². The predicted molar refractivity (Wildman–Crippen MR) is 51.6 cm³/mol. The highest BCUT2D eigenvalue weighted by atomic mass is 32.2. The minimum atomic E-state index is -2.99. The molecule has 0 saturated heterocycles. The Hall–Kier alpha value is -0.0900. The van der Waals surface area contributed by atoms with E-state index in [0.29, 0.717) is 0 Å². The molecule has 4 heteroatoms. The van der Waals surface area contributed by atoms with Crippen molar-refractivity contribution >= 4 is 10.0 Å². The second kappa shape index (κ2) is 4.82. The standard InChI is InChI=1S/C8H19NO2S/c1-5-8(6-2)9(4)12(10,11)7-3/h8H,5-7H2,1-4H3. The van der Waals surface area contributed by atoms with Crippen LogP contribution in [0.2, 0.25) is 0 Å². The van der Waals surface area contributed by atoms with Crippen molar-refractivity contribution in [1.82, 2.24) is 4.31 Å². The summed E-state index contributed by atoms with van der Waals surface area (Å²) in [5, 5.41) is 0. The van der Waals surface area contributed by atoms with Gasteiger partial charge < -0.3 is 0 Å². The van der Waals surface area contributed by atoms with Crippen LogP contribution >= 0.6 is 0 Å². The number of nitrogens with zero attached hydrogens (tertiary/aromatic N) is 1. The molecule has 12 heavy (non-hydrogen) atoms. The molecule has 0 unspecified atom stereocenters. The highest BCUT2D eigenvalue weighted by Gasteiger charge is 2.21. The van der Waals surface area contributed by atoms with Crippen molar-refractivity contribution in [3.8, 4) is 0 Å². The summed E-state index contributed by atoms with van der Waals surface area (Å²) >= 11 is 0. The topological polar surface area (TPSA) is 37.4 Å². The van der Waals surface area contributed by atoms with E-state index in [2.05, 4.69) is 0 Å². The second-order valence-electron chi connectivity index (χ2n) is 2.89. The molecule has 0 radical (unpaired) electrons. The van der Waals surface area contributed by atoms with Crippen LogP contribution < -0.4 is 0 Å². The lowest BCUT2D eigenvalue weighted by Gasteiger charge is -2.24. The van der Waals surface area contributed by atoms with Crippen molar-refractivity contribution in [3.05, 3.63) is 0 Å². The van der Waals surface area contributed by atoms with Crippen LogP contribution in [0.15, 0.2) is 0 Å². The Morgan fingerprint density at radius 2 is 1.58 bits per heavy atom. The third-order valence-corrected chi connectivity index (χ3v) is 4.17. The third kappa shape index (κ3) is 2.75. The summed E-state index contributed by atoms with van der Waals surface area (Å²) in [5.41, 5.74) is 0. The number of sulfonamides is 1. The summed E-state index contributed by atoms with van der Waals surface area (Å²) in [5.74, 6) is 0.194. The maximum Gasteiger partial charge on any atom is 0.213 e. The summed E-state index contributed by atoms with van der Waals surface area (Å²) < 4.78 is 24.3. The summed E-state index contributed by atoms with van der Waals surface area (Å²) in [6, 6.07) is 0.162. The van der Waals surface area contributed by atoms with Gasteiger partial charge in [-0.3, -0.25) is 0 Å². The first-order valence-electron chi connectivity index (χ1n) is 4.45. The van der Waals surface area contributed by atoms with Gasteiger partial charge in [-0.1, -0.05) is 13.8 Å². The molecule has 0 aromatic rings. The van der Waals surface area contributed by atoms with E-state index in [1.165, 1.54) is 4.31 Å². The summed E-state index contributed by atoms with van der Waals surface area (Å²) in [7, 11) is -1.33. The quantitative estimate of drug-likeness (QED) is 0.663. The molecule has 0 aromatic carbocycles. The Morgan fingerprint density at radius 1 is 1.17 bits per heavy atom. The second-order valence-corrected chi connectivity index (χ2v) is 5.20. The maximum absolute atomic E-state index is 11.4. The van der Waals surface area contributed by atoms with Crippen molar-refractivity contribution < 1.29 is 8.42 Å². The predicted octanol–water partition coefficient (Wildman–Crippen LogP) is 1.46. The van der Waals surface area contributed by atoms with Gasteiger partial charge >= 0.3 is 0 Å². The lowest BCUT2D eigenvalue weighted by Crippen LogP contribution is -2.37. The van der Waals surface area contributed by atoms with Crippen LogP contribution in [0.4, 0.5) is 0 Å². The minimum Gasteiger partial charge on any atom is -0.212 e. The molecule has 0 aromatic heterocycles. The average molecular weight is 193 g/mol. The molecule has 0 aliphatic carbocycles. The molecule has 0 bridgehead atoms. The van der Waals surface area contributed by atoms with Gasteiger partial charge in [0.25, 0.3) is 0 Å². The molecular formula is C8H19NO2S. The summed E-state index contributed by atoms with van der Waals surface area (Å²) in [6.45, 7) is 5.69. The monoisotopic (exact) mass is 193 g/mol. The zero-order valence-corrected chi connectivity index (χ0v) is 9.19. The molecule has 0 aliphatic heterocycles. The van der Waals surface area contributed by atoms with E-state index in [-0.39, 0.29) is 11.8 Å². The van der Waals surface area contributed by atoms with E-state index >= 15 is 0 Å². The highest BCUT2D eigenvalue weighted by Crippen LogP contribution is 2.10. The smallest absolute Gasteiger partial charge is 0.212 e. The highest BCUT2D eigenvalue weighted by molar-refractivity contribution is 7.89. The van der Waals surface area contributed by atoms with Gasteiger partial charge in [-0.15, -0.1) is 0 Å². The van der Waals surface area contributed by atoms with Crippen LogP contribution in [0.25, 0.3) is 0 Å². The fourth-order valence-corrected chi connectivity index (χ4v) is 2.39. The molecule has 0 spiro atoms. The molecule has 0 saturated carbocycles. The van der Waals surface area contributed by atoms with E-state index in [1.807, 2.05) is 13.8 Å². The molecule has 0 fully saturated rings. The molecule has 0 rings (SSSR count). The van der Waals surface area contributed by atoms with E-state index in [4.69, 9.17) is 0 Å². The van der Waals surface area contributed by atoms with Crippen molar-refractivity contribution in [1.29, 1.82) is 0 Å². The first-order valence-corrected chi connectivity index (χ1v) is 6.06. The average Bonchev–Trinajstić information content (AvgIpc) is 2.06. The summed E-state index contributed by atoms with van der Waals surface area (Å²) in [6.07, 6.45) is 1.76. The van der Waals surface area contributed by atoms with Crippen molar-refractivity contribution in [2.45, 2.75) is 39.7 Å². The molecule has 3 nitrogen and oxygen atoms in total. The molecule has 74 valence electrons. The van der Waals surface area contributed by atoms with E-state index < -0.39 is 10.0 Å². The maximum atomic E-state index is 11.4. The lowest BCUT2D eigenvalue weighted by molar-refractivity contribution is 0.350. The van der Waals surface area contributed by atoms with E-state index in [0.717, 1.165) is 12.8 Å². The van der Waals surface area contributed by atoms with Crippen LogP contribution in [0.3, 0.4) is 0 Å². The largest absolute Gasteiger partial charge is 0.213 e. The van der Waals surface area contributed by atoms with Crippen molar-refractivity contribution in [2.75, 3.05) is 12.8 Å². The normalized spacial score (nSPS) is 12.8. The molecule has 0 amide bonds. The first kappa shape index (κ1) is 11.9. The van der Waals surface area contributed by atoms with Gasteiger partial charge in [0.1, 0.15) is 0 Å². The van der Waals surface area contributed by atoms with Crippen LogP contribution in [0.5, 0.6) is 0 Å². The Kier molecular flexibility index (Phi) is 4.78. The Labute approximate surface area is 75.8 Å². The fourth-order valence-electron chi connectivity index (χ4n) is 1.23. The minimum absolute atomic E-state index is 0.162. The SMILES string of the molecule is CCC(CC)N(C)S(=O)(=O)CC. The molecule has 0 heterocycles. The Bertz CT molecular complexity index is 207. The van der Waals surface area contributed by atoms with Crippen LogP contribution in [-0.2, 0) is 10.0 Å². The zero-order chi connectivity index (χ0) is 9.78.